The van der Waals surface area contributed by atoms with Crippen LogP contribution in [0, 0.1) is 11.8 Å². The molecule has 2 rings (SSSR count). The van der Waals surface area contributed by atoms with E-state index in [2.05, 4.69) is 12.2 Å². The van der Waals surface area contributed by atoms with Crippen molar-refractivity contribution in [3.8, 4) is 0 Å². The van der Waals surface area contributed by atoms with Crippen molar-refractivity contribution in [2.24, 2.45) is 11.8 Å². The maximum absolute atomic E-state index is 11.9. The van der Waals surface area contributed by atoms with Gasteiger partial charge in [-0.15, -0.1) is 0 Å². The van der Waals surface area contributed by atoms with Crippen molar-refractivity contribution in [2.75, 3.05) is 33.2 Å². The van der Waals surface area contributed by atoms with Gasteiger partial charge in [-0.1, -0.05) is 6.92 Å². The lowest BCUT2D eigenvalue weighted by Crippen LogP contribution is -2.53. The molecule has 5 nitrogen and oxygen atoms in total. The first-order valence-corrected chi connectivity index (χ1v) is 5.89. The summed E-state index contributed by atoms with van der Waals surface area (Å²) in [5.41, 5.74) is 0. The molecule has 90 valence electrons. The summed E-state index contributed by atoms with van der Waals surface area (Å²) in [6.07, 6.45) is 1.04. The van der Waals surface area contributed by atoms with Gasteiger partial charge in [0, 0.05) is 39.1 Å². The van der Waals surface area contributed by atoms with Gasteiger partial charge in [-0.05, 0) is 12.3 Å². The fraction of sp³-hybridized carbons (Fsp3) is 0.818. The van der Waals surface area contributed by atoms with E-state index in [0.717, 1.165) is 6.42 Å². The Kier molecular flexibility index (Phi) is 3.03. The van der Waals surface area contributed by atoms with E-state index in [9.17, 15) is 9.59 Å². The highest BCUT2D eigenvalue weighted by atomic mass is 16.2. The van der Waals surface area contributed by atoms with Crippen molar-refractivity contribution in [2.45, 2.75) is 13.3 Å². The number of carbonyl (C=O) groups excluding carboxylic acids is 2. The van der Waals surface area contributed by atoms with Gasteiger partial charge in [-0.3, -0.25) is 4.79 Å². The SMILES string of the molecule is CNC(=O)N1CCN(C(=O)C2CC2C)CC1. The Hall–Kier alpha value is -1.26. The van der Waals surface area contributed by atoms with Gasteiger partial charge in [-0.25, -0.2) is 4.79 Å². The molecule has 2 atom stereocenters. The summed E-state index contributed by atoms with van der Waals surface area (Å²) >= 11 is 0. The van der Waals surface area contributed by atoms with Crippen LogP contribution in [0.5, 0.6) is 0 Å². The minimum atomic E-state index is -0.0492. The summed E-state index contributed by atoms with van der Waals surface area (Å²) < 4.78 is 0. The minimum Gasteiger partial charge on any atom is -0.341 e. The molecule has 1 aliphatic heterocycles. The molecule has 0 aromatic rings. The van der Waals surface area contributed by atoms with Crippen molar-refractivity contribution in [1.82, 2.24) is 15.1 Å². The highest BCUT2D eigenvalue weighted by Gasteiger charge is 2.42. The Labute approximate surface area is 95.8 Å². The van der Waals surface area contributed by atoms with Gasteiger partial charge in [-0.2, -0.15) is 0 Å². The molecule has 1 saturated carbocycles. The van der Waals surface area contributed by atoms with Gasteiger partial charge in [0.05, 0.1) is 0 Å². The fourth-order valence-electron chi connectivity index (χ4n) is 2.19. The molecule has 0 aromatic carbocycles. The predicted octanol–water partition coefficient (Wildman–Crippen LogP) is 0.126. The number of hydrogen-bond acceptors (Lipinski definition) is 2. The zero-order valence-electron chi connectivity index (χ0n) is 9.90. The molecule has 1 heterocycles. The second kappa shape index (κ2) is 4.31. The second-order valence-electron chi connectivity index (χ2n) is 4.69. The third kappa shape index (κ3) is 2.13. The lowest BCUT2D eigenvalue weighted by atomic mass is 10.2. The summed E-state index contributed by atoms with van der Waals surface area (Å²) in [6, 6.07) is -0.0492. The van der Waals surface area contributed by atoms with Crippen LogP contribution in [0.3, 0.4) is 0 Å². The van der Waals surface area contributed by atoms with E-state index in [1.807, 2.05) is 4.90 Å². The van der Waals surface area contributed by atoms with Crippen LogP contribution in [0.25, 0.3) is 0 Å². The molecule has 0 spiro atoms. The zero-order valence-corrected chi connectivity index (χ0v) is 9.90. The van der Waals surface area contributed by atoms with E-state index >= 15 is 0 Å². The van der Waals surface area contributed by atoms with Crippen LogP contribution in [-0.4, -0.2) is 55.0 Å². The monoisotopic (exact) mass is 225 g/mol. The third-order valence-electron chi connectivity index (χ3n) is 3.52. The fourth-order valence-corrected chi connectivity index (χ4v) is 2.19. The molecule has 1 aliphatic carbocycles. The highest BCUT2D eigenvalue weighted by molar-refractivity contribution is 5.82. The number of hydrogen-bond donors (Lipinski definition) is 1. The van der Waals surface area contributed by atoms with Crippen molar-refractivity contribution in [1.29, 1.82) is 0 Å². The Morgan fingerprint density at radius 2 is 1.62 bits per heavy atom. The molecule has 0 radical (unpaired) electrons. The van der Waals surface area contributed by atoms with Gasteiger partial charge in [0.25, 0.3) is 0 Å². The standard InChI is InChI=1S/C11H19N3O2/c1-8-7-9(8)10(15)13-3-5-14(6-4-13)11(16)12-2/h8-9H,3-7H2,1-2H3,(H,12,16). The number of urea groups is 1. The number of nitrogens with one attached hydrogen (secondary N) is 1. The molecule has 16 heavy (non-hydrogen) atoms. The smallest absolute Gasteiger partial charge is 0.317 e. The van der Waals surface area contributed by atoms with Gasteiger partial charge in [0.2, 0.25) is 5.91 Å². The molecule has 0 aromatic heterocycles. The van der Waals surface area contributed by atoms with Crippen molar-refractivity contribution in [3.63, 3.8) is 0 Å². The number of amides is 3. The van der Waals surface area contributed by atoms with Crippen LogP contribution in [0.2, 0.25) is 0 Å². The molecule has 3 amide bonds. The third-order valence-corrected chi connectivity index (χ3v) is 3.52. The summed E-state index contributed by atoms with van der Waals surface area (Å²) in [6.45, 7) is 4.76. The number of nitrogens with zero attached hydrogens (tertiary/aromatic N) is 2. The van der Waals surface area contributed by atoms with Gasteiger partial charge in [0.15, 0.2) is 0 Å². The van der Waals surface area contributed by atoms with Gasteiger partial charge in [0.1, 0.15) is 0 Å². The molecule has 2 aliphatic rings. The van der Waals surface area contributed by atoms with Crippen molar-refractivity contribution in [3.05, 3.63) is 0 Å². The van der Waals surface area contributed by atoms with E-state index < -0.39 is 0 Å². The van der Waals surface area contributed by atoms with Gasteiger partial charge >= 0.3 is 6.03 Å². The summed E-state index contributed by atoms with van der Waals surface area (Å²) in [7, 11) is 1.63. The molecule has 2 unspecified atom stereocenters. The van der Waals surface area contributed by atoms with E-state index in [4.69, 9.17) is 0 Å². The summed E-state index contributed by atoms with van der Waals surface area (Å²) in [4.78, 5) is 26.9. The molecule has 5 heteroatoms. The minimum absolute atomic E-state index is 0.0492. The number of piperazine rings is 1. The highest BCUT2D eigenvalue weighted by Crippen LogP contribution is 2.39. The van der Waals surface area contributed by atoms with Crippen LogP contribution in [0.1, 0.15) is 13.3 Å². The first-order chi connectivity index (χ1) is 7.63. The molecular weight excluding hydrogens is 206 g/mol. The normalized spacial score (nSPS) is 28.9. The molecule has 2 fully saturated rings. The van der Waals surface area contributed by atoms with E-state index in [1.54, 1.807) is 11.9 Å². The molecule has 0 bridgehead atoms. The maximum atomic E-state index is 11.9. The number of rotatable bonds is 1. The van der Waals surface area contributed by atoms with Crippen molar-refractivity contribution < 1.29 is 9.59 Å². The Morgan fingerprint density at radius 3 is 2.06 bits per heavy atom. The van der Waals surface area contributed by atoms with E-state index in [1.165, 1.54) is 0 Å². The summed E-state index contributed by atoms with van der Waals surface area (Å²) in [5, 5.41) is 2.60. The predicted molar refractivity (Wildman–Crippen MR) is 59.9 cm³/mol. The molecule has 1 saturated heterocycles. The van der Waals surface area contributed by atoms with Gasteiger partial charge < -0.3 is 15.1 Å². The number of carbonyl (C=O) groups is 2. The zero-order chi connectivity index (χ0) is 11.7. The van der Waals surface area contributed by atoms with Crippen LogP contribution >= 0.6 is 0 Å². The quantitative estimate of drug-likeness (QED) is 0.689. The molecule has 1 N–H and O–H groups in total. The van der Waals surface area contributed by atoms with Crippen LogP contribution in [-0.2, 0) is 4.79 Å². The average molecular weight is 225 g/mol. The van der Waals surface area contributed by atoms with E-state index in [0.29, 0.717) is 32.1 Å². The van der Waals surface area contributed by atoms with Crippen LogP contribution in [0.15, 0.2) is 0 Å². The van der Waals surface area contributed by atoms with Crippen LogP contribution < -0.4 is 5.32 Å². The Balaban J connectivity index is 1.81. The Morgan fingerprint density at radius 1 is 1.12 bits per heavy atom. The summed E-state index contributed by atoms with van der Waals surface area (Å²) in [5.74, 6) is 1.10. The Bertz CT molecular complexity index is 298. The lowest BCUT2D eigenvalue weighted by molar-refractivity contribution is -0.134. The topological polar surface area (TPSA) is 52.7 Å². The van der Waals surface area contributed by atoms with Crippen molar-refractivity contribution >= 4 is 11.9 Å². The van der Waals surface area contributed by atoms with Crippen LogP contribution in [0.4, 0.5) is 4.79 Å². The molecular formula is C11H19N3O2. The maximum Gasteiger partial charge on any atom is 0.317 e. The lowest BCUT2D eigenvalue weighted by Gasteiger charge is -2.34. The largest absolute Gasteiger partial charge is 0.341 e. The average Bonchev–Trinajstić information content (AvgIpc) is 3.04. The first kappa shape index (κ1) is 11.2. The first-order valence-electron chi connectivity index (χ1n) is 5.89. The van der Waals surface area contributed by atoms with E-state index in [-0.39, 0.29) is 17.9 Å². The second-order valence-corrected chi connectivity index (χ2v) is 4.69.